The van der Waals surface area contributed by atoms with Crippen molar-refractivity contribution in [2.75, 3.05) is 0 Å². The third-order valence-electron chi connectivity index (χ3n) is 1.71. The van der Waals surface area contributed by atoms with Crippen LogP contribution in [-0.2, 0) is 0 Å². The molecule has 2 heteroatoms. The molecule has 1 nitrogen and oxygen atoms in total. The quantitative estimate of drug-likeness (QED) is 0.701. The second kappa shape index (κ2) is 3.46. The Hall–Kier alpha value is -0.530. The first-order valence-corrected chi connectivity index (χ1v) is 4.37. The Bertz CT molecular complexity index is 238. The van der Waals surface area contributed by atoms with Crippen molar-refractivity contribution in [3.05, 3.63) is 35.9 Å². The Kier molecular flexibility index (Phi) is 2.76. The van der Waals surface area contributed by atoms with Gasteiger partial charge in [0.2, 0.25) is 0 Å². The molecular formula is C10H13ClO. The van der Waals surface area contributed by atoms with Crippen LogP contribution in [0.2, 0.25) is 0 Å². The van der Waals surface area contributed by atoms with E-state index in [-0.39, 0.29) is 5.38 Å². The second-order valence-electron chi connectivity index (χ2n) is 3.43. The fraction of sp³-hybridized carbons (Fsp3) is 0.400. The molecule has 1 unspecified atom stereocenters. The van der Waals surface area contributed by atoms with E-state index >= 15 is 0 Å². The van der Waals surface area contributed by atoms with Crippen molar-refractivity contribution < 1.29 is 5.11 Å². The van der Waals surface area contributed by atoms with Crippen molar-refractivity contribution in [1.29, 1.82) is 0 Å². The molecule has 0 aliphatic heterocycles. The maximum atomic E-state index is 9.61. The maximum absolute atomic E-state index is 9.61. The smallest absolute Gasteiger partial charge is 0.0867 e. The van der Waals surface area contributed by atoms with Crippen molar-refractivity contribution >= 4 is 11.6 Å². The molecule has 0 aliphatic carbocycles. The van der Waals surface area contributed by atoms with Gasteiger partial charge < -0.3 is 5.11 Å². The van der Waals surface area contributed by atoms with Crippen LogP contribution in [0.1, 0.15) is 24.8 Å². The average molecular weight is 185 g/mol. The number of halogens is 1. The van der Waals surface area contributed by atoms with Gasteiger partial charge in [0.05, 0.1) is 11.0 Å². The molecule has 1 rings (SSSR count). The summed E-state index contributed by atoms with van der Waals surface area (Å²) in [4.78, 5) is 0. The largest absolute Gasteiger partial charge is 0.389 e. The van der Waals surface area contributed by atoms with Gasteiger partial charge in [-0.2, -0.15) is 0 Å². The summed E-state index contributed by atoms with van der Waals surface area (Å²) in [5, 5.41) is 9.26. The van der Waals surface area contributed by atoms with Gasteiger partial charge in [0.15, 0.2) is 0 Å². The summed E-state index contributed by atoms with van der Waals surface area (Å²) in [6.45, 7) is 3.41. The van der Waals surface area contributed by atoms with Gasteiger partial charge in [0.25, 0.3) is 0 Å². The van der Waals surface area contributed by atoms with Gasteiger partial charge in [-0.1, -0.05) is 30.3 Å². The molecule has 0 aliphatic rings. The fourth-order valence-electron chi connectivity index (χ4n) is 1.03. The van der Waals surface area contributed by atoms with E-state index in [1.54, 1.807) is 13.8 Å². The SMILES string of the molecule is CC(C)(O)C(Cl)c1ccccc1. The highest BCUT2D eigenvalue weighted by Crippen LogP contribution is 2.31. The second-order valence-corrected chi connectivity index (χ2v) is 3.86. The fourth-order valence-corrected chi connectivity index (χ4v) is 1.18. The molecule has 1 aromatic carbocycles. The Balaban J connectivity index is 2.86. The van der Waals surface area contributed by atoms with E-state index in [9.17, 15) is 5.11 Å². The van der Waals surface area contributed by atoms with E-state index in [4.69, 9.17) is 11.6 Å². The van der Waals surface area contributed by atoms with Crippen LogP contribution in [0.4, 0.5) is 0 Å². The van der Waals surface area contributed by atoms with Gasteiger partial charge in [-0.25, -0.2) is 0 Å². The lowest BCUT2D eigenvalue weighted by Crippen LogP contribution is -2.24. The number of benzene rings is 1. The minimum absolute atomic E-state index is 0.348. The first-order chi connectivity index (χ1) is 5.52. The molecule has 0 spiro atoms. The van der Waals surface area contributed by atoms with E-state index in [2.05, 4.69) is 0 Å². The first-order valence-electron chi connectivity index (χ1n) is 3.93. The summed E-state index contributed by atoms with van der Waals surface area (Å²) in [5.41, 5.74) is 0.0785. The Morgan fingerprint density at radius 1 is 1.25 bits per heavy atom. The number of aliphatic hydroxyl groups is 1. The third kappa shape index (κ3) is 2.23. The van der Waals surface area contributed by atoms with Crippen LogP contribution < -0.4 is 0 Å². The molecule has 12 heavy (non-hydrogen) atoms. The standard InChI is InChI=1S/C10H13ClO/c1-10(2,12)9(11)8-6-4-3-5-7-8/h3-7,9,12H,1-2H3. The minimum Gasteiger partial charge on any atom is -0.389 e. The predicted molar refractivity (Wildman–Crippen MR) is 51.3 cm³/mol. The summed E-state index contributed by atoms with van der Waals surface area (Å²) >= 11 is 6.03. The Morgan fingerprint density at radius 2 is 1.75 bits per heavy atom. The topological polar surface area (TPSA) is 20.2 Å². The maximum Gasteiger partial charge on any atom is 0.0867 e. The van der Waals surface area contributed by atoms with Crippen molar-refractivity contribution in [2.24, 2.45) is 0 Å². The van der Waals surface area contributed by atoms with Gasteiger partial charge in [0, 0.05) is 0 Å². The van der Waals surface area contributed by atoms with Crippen molar-refractivity contribution in [3.8, 4) is 0 Å². The normalized spacial score (nSPS) is 14.3. The Morgan fingerprint density at radius 3 is 2.17 bits per heavy atom. The van der Waals surface area contributed by atoms with Crippen LogP contribution in [-0.4, -0.2) is 10.7 Å². The number of hydrogen-bond donors (Lipinski definition) is 1. The van der Waals surface area contributed by atoms with Gasteiger partial charge in [-0.3, -0.25) is 0 Å². The monoisotopic (exact) mass is 184 g/mol. The lowest BCUT2D eigenvalue weighted by molar-refractivity contribution is 0.0754. The summed E-state index contributed by atoms with van der Waals surface area (Å²) in [5.74, 6) is 0. The van der Waals surface area contributed by atoms with Crippen molar-refractivity contribution in [1.82, 2.24) is 0 Å². The summed E-state index contributed by atoms with van der Waals surface area (Å²) in [6.07, 6.45) is 0. The predicted octanol–water partition coefficient (Wildman–Crippen LogP) is 2.74. The van der Waals surface area contributed by atoms with E-state index in [1.165, 1.54) is 0 Å². The lowest BCUT2D eigenvalue weighted by Gasteiger charge is -2.23. The molecule has 0 radical (unpaired) electrons. The van der Waals surface area contributed by atoms with Crippen molar-refractivity contribution in [2.45, 2.75) is 24.8 Å². The molecule has 1 N–H and O–H groups in total. The van der Waals surface area contributed by atoms with E-state index in [1.807, 2.05) is 30.3 Å². The molecule has 0 aromatic heterocycles. The minimum atomic E-state index is -0.872. The van der Waals surface area contributed by atoms with E-state index < -0.39 is 5.60 Å². The number of alkyl halides is 1. The zero-order valence-corrected chi connectivity index (χ0v) is 8.05. The van der Waals surface area contributed by atoms with E-state index in [0.717, 1.165) is 5.56 Å². The summed E-state index contributed by atoms with van der Waals surface area (Å²) < 4.78 is 0. The van der Waals surface area contributed by atoms with Crippen LogP contribution in [0.5, 0.6) is 0 Å². The van der Waals surface area contributed by atoms with Gasteiger partial charge in [0.1, 0.15) is 0 Å². The molecule has 1 atom stereocenters. The van der Waals surface area contributed by atoms with E-state index in [0.29, 0.717) is 0 Å². The van der Waals surface area contributed by atoms with Crippen molar-refractivity contribution in [3.63, 3.8) is 0 Å². The molecule has 1 aromatic rings. The van der Waals surface area contributed by atoms with Gasteiger partial charge >= 0.3 is 0 Å². The molecule has 66 valence electrons. The van der Waals surface area contributed by atoms with Gasteiger partial charge in [-0.05, 0) is 19.4 Å². The van der Waals surface area contributed by atoms with Gasteiger partial charge in [-0.15, -0.1) is 11.6 Å². The summed E-state index contributed by atoms with van der Waals surface area (Å²) in [7, 11) is 0. The molecule has 0 amide bonds. The molecular weight excluding hydrogens is 172 g/mol. The average Bonchev–Trinajstić information content (AvgIpc) is 2.03. The van der Waals surface area contributed by atoms with Crippen LogP contribution in [0.3, 0.4) is 0 Å². The highest BCUT2D eigenvalue weighted by atomic mass is 35.5. The first kappa shape index (κ1) is 9.56. The number of hydrogen-bond acceptors (Lipinski definition) is 1. The third-order valence-corrected chi connectivity index (χ3v) is 2.50. The molecule has 0 saturated carbocycles. The molecule has 0 fully saturated rings. The highest BCUT2D eigenvalue weighted by Gasteiger charge is 2.25. The summed E-state index contributed by atoms with van der Waals surface area (Å²) in [6, 6.07) is 9.58. The lowest BCUT2D eigenvalue weighted by atomic mass is 9.98. The van der Waals surface area contributed by atoms with Crippen LogP contribution in [0, 0.1) is 0 Å². The Labute approximate surface area is 78.0 Å². The van der Waals surface area contributed by atoms with Crippen LogP contribution >= 0.6 is 11.6 Å². The highest BCUT2D eigenvalue weighted by molar-refractivity contribution is 6.21. The molecule has 0 heterocycles. The zero-order chi connectivity index (χ0) is 9.19. The van der Waals surface area contributed by atoms with Crippen LogP contribution in [0.25, 0.3) is 0 Å². The molecule has 0 saturated heterocycles. The zero-order valence-electron chi connectivity index (χ0n) is 7.29. The molecule has 0 bridgehead atoms. The number of rotatable bonds is 2. The van der Waals surface area contributed by atoms with Crippen LogP contribution in [0.15, 0.2) is 30.3 Å².